The maximum absolute atomic E-state index is 12.3. The normalized spacial score (nSPS) is 13.4. The van der Waals surface area contributed by atoms with Gasteiger partial charge in [0.05, 0.1) is 0 Å². The standard InChI is InChI=1S/C15H27N3O6S/c1-15(2,3)24-14(23)18-9(7-8-25-4)12(20)17-10(13(21)22)5-6-11(16)19/h9-10H,5-8H2,1-4H3,(H2,16,19)(H,17,20)(H,18,23)(H,21,22)/t9-,10-/m0/s1. The van der Waals surface area contributed by atoms with E-state index in [1.54, 1.807) is 20.8 Å². The molecule has 0 fully saturated rings. The third kappa shape index (κ3) is 11.2. The summed E-state index contributed by atoms with van der Waals surface area (Å²) < 4.78 is 5.12. The van der Waals surface area contributed by atoms with Gasteiger partial charge in [-0.3, -0.25) is 9.59 Å². The van der Waals surface area contributed by atoms with Crippen molar-refractivity contribution in [2.75, 3.05) is 12.0 Å². The number of rotatable bonds is 10. The number of alkyl carbamates (subject to hydrolysis) is 1. The zero-order valence-corrected chi connectivity index (χ0v) is 15.8. The highest BCUT2D eigenvalue weighted by Crippen LogP contribution is 2.09. The highest BCUT2D eigenvalue weighted by Gasteiger charge is 2.28. The van der Waals surface area contributed by atoms with E-state index in [1.807, 2.05) is 6.26 Å². The van der Waals surface area contributed by atoms with Gasteiger partial charge >= 0.3 is 12.1 Å². The van der Waals surface area contributed by atoms with Gasteiger partial charge in [0.15, 0.2) is 0 Å². The molecule has 0 aliphatic rings. The lowest BCUT2D eigenvalue weighted by atomic mass is 10.1. The third-order valence-electron chi connectivity index (χ3n) is 2.91. The lowest BCUT2D eigenvalue weighted by Gasteiger charge is -2.24. The molecule has 0 rings (SSSR count). The molecule has 0 saturated heterocycles. The van der Waals surface area contributed by atoms with Crippen LogP contribution in [-0.2, 0) is 19.1 Å². The molecule has 0 aliphatic heterocycles. The van der Waals surface area contributed by atoms with Crippen LogP contribution in [0.1, 0.15) is 40.0 Å². The zero-order valence-electron chi connectivity index (χ0n) is 15.0. The van der Waals surface area contributed by atoms with E-state index >= 15 is 0 Å². The van der Waals surface area contributed by atoms with Gasteiger partial charge in [-0.15, -0.1) is 0 Å². The number of hydrogen-bond acceptors (Lipinski definition) is 6. The average Bonchev–Trinajstić information content (AvgIpc) is 2.44. The number of carboxylic acids is 1. The Kier molecular flexibility index (Phi) is 9.95. The molecule has 0 aliphatic carbocycles. The van der Waals surface area contributed by atoms with E-state index < -0.39 is 41.6 Å². The Morgan fingerprint density at radius 3 is 2.16 bits per heavy atom. The van der Waals surface area contributed by atoms with Crippen LogP contribution in [0.15, 0.2) is 0 Å². The number of carbonyl (C=O) groups is 4. The SMILES string of the molecule is CSCC[C@H](NC(=O)OC(C)(C)C)C(=O)N[C@@H](CCC(N)=O)C(=O)O. The number of carboxylic acid groups (broad SMARTS) is 1. The predicted octanol–water partition coefficient (Wildman–Crippen LogP) is 0.468. The molecule has 3 amide bonds. The van der Waals surface area contributed by atoms with Crippen molar-refractivity contribution in [1.82, 2.24) is 10.6 Å². The van der Waals surface area contributed by atoms with Crippen molar-refractivity contribution in [2.45, 2.75) is 57.7 Å². The molecule has 0 aromatic rings. The first kappa shape index (κ1) is 23.0. The Labute approximate surface area is 151 Å². The Bertz CT molecular complexity index is 492. The molecule has 2 atom stereocenters. The third-order valence-corrected chi connectivity index (χ3v) is 3.56. The molecule has 5 N–H and O–H groups in total. The first-order chi connectivity index (χ1) is 11.5. The highest BCUT2D eigenvalue weighted by molar-refractivity contribution is 7.98. The fourth-order valence-electron chi connectivity index (χ4n) is 1.77. The van der Waals surface area contributed by atoms with E-state index in [0.717, 1.165) is 0 Å². The predicted molar refractivity (Wildman–Crippen MR) is 94.2 cm³/mol. The molecule has 0 spiro atoms. The largest absolute Gasteiger partial charge is 0.480 e. The summed E-state index contributed by atoms with van der Waals surface area (Å²) in [6, 6.07) is -2.21. The number of nitrogens with one attached hydrogen (secondary N) is 2. The average molecular weight is 377 g/mol. The molecule has 9 nitrogen and oxygen atoms in total. The van der Waals surface area contributed by atoms with Gasteiger partial charge in [0.25, 0.3) is 0 Å². The minimum Gasteiger partial charge on any atom is -0.480 e. The Hall–Kier alpha value is -1.97. The second-order valence-corrected chi connectivity index (χ2v) is 7.37. The number of primary amides is 1. The minimum absolute atomic E-state index is 0.127. The Balaban J connectivity index is 4.92. The van der Waals surface area contributed by atoms with Crippen LogP contribution in [0, 0.1) is 0 Å². The molecule has 10 heteroatoms. The van der Waals surface area contributed by atoms with E-state index in [-0.39, 0.29) is 12.8 Å². The van der Waals surface area contributed by atoms with E-state index in [2.05, 4.69) is 10.6 Å². The lowest BCUT2D eigenvalue weighted by molar-refractivity contribution is -0.142. The summed E-state index contributed by atoms with van der Waals surface area (Å²) in [6.07, 6.45) is 1.08. The Morgan fingerprint density at radius 1 is 1.12 bits per heavy atom. The maximum Gasteiger partial charge on any atom is 0.408 e. The van der Waals surface area contributed by atoms with E-state index in [9.17, 15) is 19.2 Å². The molecular weight excluding hydrogens is 350 g/mol. The highest BCUT2D eigenvalue weighted by atomic mass is 32.2. The van der Waals surface area contributed by atoms with Crippen LogP contribution < -0.4 is 16.4 Å². The number of carbonyl (C=O) groups excluding carboxylic acids is 3. The van der Waals surface area contributed by atoms with E-state index in [4.69, 9.17) is 15.6 Å². The van der Waals surface area contributed by atoms with Gasteiger partial charge in [0, 0.05) is 6.42 Å². The summed E-state index contributed by atoms with van der Waals surface area (Å²) in [7, 11) is 0. The van der Waals surface area contributed by atoms with Crippen LogP contribution in [0.4, 0.5) is 4.79 Å². The second-order valence-electron chi connectivity index (χ2n) is 6.38. The van der Waals surface area contributed by atoms with Crippen LogP contribution in [0.3, 0.4) is 0 Å². The van der Waals surface area contributed by atoms with Crippen molar-refractivity contribution in [3.8, 4) is 0 Å². The molecular formula is C15H27N3O6S. The van der Waals surface area contributed by atoms with Crippen LogP contribution in [0.25, 0.3) is 0 Å². The number of amides is 3. The number of nitrogens with two attached hydrogens (primary N) is 1. The zero-order chi connectivity index (χ0) is 19.6. The van der Waals surface area contributed by atoms with Gasteiger partial charge in [0.1, 0.15) is 17.7 Å². The first-order valence-corrected chi connectivity index (χ1v) is 9.15. The number of thioether (sulfide) groups is 1. The quantitative estimate of drug-likeness (QED) is 0.432. The first-order valence-electron chi connectivity index (χ1n) is 7.76. The molecule has 0 unspecified atom stereocenters. The number of hydrogen-bond donors (Lipinski definition) is 4. The molecule has 0 aromatic carbocycles. The van der Waals surface area contributed by atoms with Crippen molar-refractivity contribution in [3.63, 3.8) is 0 Å². The summed E-state index contributed by atoms with van der Waals surface area (Å²) in [5, 5.41) is 13.9. The van der Waals surface area contributed by atoms with Gasteiger partial charge in [-0.05, 0) is 45.6 Å². The van der Waals surface area contributed by atoms with Gasteiger partial charge < -0.3 is 26.2 Å². The van der Waals surface area contributed by atoms with Crippen molar-refractivity contribution < 1.29 is 29.0 Å². The topological polar surface area (TPSA) is 148 Å². The monoisotopic (exact) mass is 377 g/mol. The van der Waals surface area contributed by atoms with Crippen LogP contribution in [0.5, 0.6) is 0 Å². The summed E-state index contributed by atoms with van der Waals surface area (Å²) >= 11 is 1.48. The smallest absolute Gasteiger partial charge is 0.408 e. The number of aliphatic carboxylic acids is 1. The van der Waals surface area contributed by atoms with Gasteiger partial charge in [-0.25, -0.2) is 9.59 Å². The summed E-state index contributed by atoms with van der Waals surface area (Å²) in [6.45, 7) is 5.07. The van der Waals surface area contributed by atoms with Crippen molar-refractivity contribution in [3.05, 3.63) is 0 Å². The molecule has 144 valence electrons. The second kappa shape index (κ2) is 10.8. The van der Waals surface area contributed by atoms with Crippen molar-refractivity contribution >= 4 is 35.6 Å². The van der Waals surface area contributed by atoms with Gasteiger partial charge in [-0.1, -0.05) is 0 Å². The van der Waals surface area contributed by atoms with Crippen LogP contribution in [0.2, 0.25) is 0 Å². The van der Waals surface area contributed by atoms with E-state index in [0.29, 0.717) is 12.2 Å². The summed E-state index contributed by atoms with van der Waals surface area (Å²) in [4.78, 5) is 46.2. The fourth-order valence-corrected chi connectivity index (χ4v) is 2.24. The van der Waals surface area contributed by atoms with Crippen LogP contribution in [-0.4, -0.2) is 58.7 Å². The summed E-state index contributed by atoms with van der Waals surface area (Å²) in [5.41, 5.74) is 4.27. The molecule has 0 heterocycles. The molecule has 0 bridgehead atoms. The number of ether oxygens (including phenoxy) is 1. The molecule has 0 aromatic heterocycles. The summed E-state index contributed by atoms with van der Waals surface area (Å²) in [5.74, 6) is -2.02. The molecule has 25 heavy (non-hydrogen) atoms. The lowest BCUT2D eigenvalue weighted by Crippen LogP contribution is -2.52. The van der Waals surface area contributed by atoms with E-state index in [1.165, 1.54) is 11.8 Å². The Morgan fingerprint density at radius 2 is 1.72 bits per heavy atom. The van der Waals surface area contributed by atoms with Gasteiger partial charge in [0.2, 0.25) is 11.8 Å². The molecule has 0 radical (unpaired) electrons. The van der Waals surface area contributed by atoms with Crippen molar-refractivity contribution in [1.29, 1.82) is 0 Å². The maximum atomic E-state index is 12.3. The minimum atomic E-state index is -1.28. The van der Waals surface area contributed by atoms with Gasteiger partial charge in [-0.2, -0.15) is 11.8 Å². The fraction of sp³-hybridized carbons (Fsp3) is 0.733. The van der Waals surface area contributed by atoms with Crippen molar-refractivity contribution in [2.24, 2.45) is 5.73 Å². The molecule has 0 saturated carbocycles. The van der Waals surface area contributed by atoms with Crippen LogP contribution >= 0.6 is 11.8 Å².